The van der Waals surface area contributed by atoms with Crippen molar-refractivity contribution in [1.82, 2.24) is 14.9 Å². The topological polar surface area (TPSA) is 81.1 Å². The lowest BCUT2D eigenvalue weighted by molar-refractivity contribution is -0.121. The lowest BCUT2D eigenvalue weighted by Crippen LogP contribution is -2.27. The maximum atomic E-state index is 11.4. The van der Waals surface area contributed by atoms with Crippen molar-refractivity contribution in [3.8, 4) is 0 Å². The summed E-state index contributed by atoms with van der Waals surface area (Å²) in [6.07, 6.45) is 1.79. The Morgan fingerprint density at radius 2 is 2.18 bits per heavy atom. The second-order valence-electron chi connectivity index (χ2n) is 3.37. The van der Waals surface area contributed by atoms with E-state index in [0.29, 0.717) is 18.8 Å². The normalized spacial score (nSPS) is 11.5. The largest absolute Gasteiger partial charge is 0.355 e. The van der Waals surface area contributed by atoms with E-state index in [1.807, 2.05) is 6.92 Å². The summed E-state index contributed by atoms with van der Waals surface area (Å²) in [5.74, 6) is 0.314. The van der Waals surface area contributed by atoms with E-state index in [9.17, 15) is 13.2 Å². The highest BCUT2D eigenvalue weighted by molar-refractivity contribution is 8.13. The lowest BCUT2D eigenvalue weighted by Gasteiger charge is -2.05. The number of aromatic nitrogens is 2. The number of hydrogen-bond acceptors (Lipinski definition) is 4. The first-order valence-electron chi connectivity index (χ1n) is 5.15. The average molecular weight is 280 g/mol. The van der Waals surface area contributed by atoms with Crippen LogP contribution in [0.25, 0.3) is 0 Å². The van der Waals surface area contributed by atoms with Gasteiger partial charge in [0.2, 0.25) is 5.91 Å². The molecule has 1 amide bonds. The molecule has 0 spiro atoms. The molecule has 1 aromatic rings. The molecule has 0 saturated carbocycles. The highest BCUT2D eigenvalue weighted by Gasteiger charge is 2.18. The quantitative estimate of drug-likeness (QED) is 0.796. The molecule has 0 aliphatic heterocycles. The summed E-state index contributed by atoms with van der Waals surface area (Å²) in [5, 5.41) is 2.40. The van der Waals surface area contributed by atoms with Crippen LogP contribution in [0.1, 0.15) is 19.7 Å². The van der Waals surface area contributed by atoms with Crippen LogP contribution in [0.4, 0.5) is 0 Å². The zero-order chi connectivity index (χ0) is 13.1. The van der Waals surface area contributed by atoms with Gasteiger partial charge in [0.1, 0.15) is 12.4 Å². The van der Waals surface area contributed by atoms with Gasteiger partial charge in [0.25, 0.3) is 9.05 Å². The minimum atomic E-state index is -3.85. The molecule has 0 bridgehead atoms. The van der Waals surface area contributed by atoms with Gasteiger partial charge in [-0.3, -0.25) is 4.79 Å². The van der Waals surface area contributed by atoms with Crippen LogP contribution in [0.15, 0.2) is 11.2 Å². The molecule has 0 atom stereocenters. The number of nitrogens with zero attached hydrogens (tertiary/aromatic N) is 2. The molecule has 0 aliphatic rings. The Labute approximate surface area is 104 Å². The molecule has 1 N–H and O–H groups in total. The summed E-state index contributed by atoms with van der Waals surface area (Å²) >= 11 is 0. The number of carbonyl (C=O) groups is 1. The molecule has 8 heteroatoms. The molecule has 0 radical (unpaired) electrons. The Morgan fingerprint density at radius 3 is 2.65 bits per heavy atom. The fraction of sp³-hybridized carbons (Fsp3) is 0.556. The highest BCUT2D eigenvalue weighted by atomic mass is 35.7. The van der Waals surface area contributed by atoms with Crippen LogP contribution in [0, 0.1) is 0 Å². The van der Waals surface area contributed by atoms with Gasteiger partial charge in [0, 0.05) is 29.8 Å². The van der Waals surface area contributed by atoms with Crippen molar-refractivity contribution in [3.63, 3.8) is 0 Å². The minimum absolute atomic E-state index is 0.0381. The molecule has 0 aliphatic carbocycles. The summed E-state index contributed by atoms with van der Waals surface area (Å²) in [6.45, 7) is 4.19. The number of likely N-dealkylation sites (N-methyl/N-ethyl adjacent to an activating group) is 1. The Morgan fingerprint density at radius 1 is 1.53 bits per heavy atom. The molecule has 1 rings (SSSR count). The zero-order valence-electron chi connectivity index (χ0n) is 9.60. The summed E-state index contributed by atoms with van der Waals surface area (Å²) < 4.78 is 23.7. The summed E-state index contributed by atoms with van der Waals surface area (Å²) in [4.78, 5) is 15.3. The van der Waals surface area contributed by atoms with Crippen LogP contribution in [0.2, 0.25) is 0 Å². The van der Waals surface area contributed by atoms with Gasteiger partial charge in [-0.05, 0) is 6.92 Å². The summed E-state index contributed by atoms with van der Waals surface area (Å²) in [7, 11) is 1.34. The van der Waals surface area contributed by atoms with Crippen LogP contribution in [-0.4, -0.2) is 30.4 Å². The van der Waals surface area contributed by atoms with Crippen molar-refractivity contribution in [2.75, 3.05) is 6.54 Å². The number of carbonyl (C=O) groups excluding carboxylic acids is 1. The van der Waals surface area contributed by atoms with Gasteiger partial charge in [-0.2, -0.15) is 0 Å². The lowest BCUT2D eigenvalue weighted by atomic mass is 10.4. The SMILES string of the molecule is CCNC(=O)Cn1cc(S(=O)(=O)Cl)nc1CC. The van der Waals surface area contributed by atoms with Gasteiger partial charge < -0.3 is 9.88 Å². The second-order valence-corrected chi connectivity index (χ2v) is 5.88. The van der Waals surface area contributed by atoms with E-state index in [2.05, 4.69) is 10.3 Å². The van der Waals surface area contributed by atoms with Crippen molar-refractivity contribution in [3.05, 3.63) is 12.0 Å². The predicted octanol–water partition coefficient (Wildman–Crippen LogP) is 0.509. The minimum Gasteiger partial charge on any atom is -0.355 e. The van der Waals surface area contributed by atoms with Crippen LogP contribution in [-0.2, 0) is 26.8 Å². The van der Waals surface area contributed by atoms with E-state index in [-0.39, 0.29) is 17.5 Å². The molecule has 17 heavy (non-hydrogen) atoms. The Bertz CT molecular complexity index is 510. The first kappa shape index (κ1) is 14.0. The molecule has 1 heterocycles. The summed E-state index contributed by atoms with van der Waals surface area (Å²) in [6, 6.07) is 0. The fourth-order valence-corrected chi connectivity index (χ4v) is 2.06. The van der Waals surface area contributed by atoms with E-state index < -0.39 is 9.05 Å². The smallest absolute Gasteiger partial charge is 0.280 e. The van der Waals surface area contributed by atoms with Crippen LogP contribution in [0.3, 0.4) is 0 Å². The molecule has 6 nitrogen and oxygen atoms in total. The molecule has 0 aromatic carbocycles. The molecule has 0 unspecified atom stereocenters. The van der Waals surface area contributed by atoms with Gasteiger partial charge in [-0.25, -0.2) is 13.4 Å². The van der Waals surface area contributed by atoms with E-state index in [4.69, 9.17) is 10.7 Å². The second kappa shape index (κ2) is 5.50. The zero-order valence-corrected chi connectivity index (χ0v) is 11.2. The van der Waals surface area contributed by atoms with Gasteiger partial charge in [0.05, 0.1) is 0 Å². The third kappa shape index (κ3) is 3.71. The first-order chi connectivity index (χ1) is 7.88. The number of amides is 1. The van der Waals surface area contributed by atoms with Crippen molar-refractivity contribution < 1.29 is 13.2 Å². The van der Waals surface area contributed by atoms with Gasteiger partial charge in [-0.15, -0.1) is 0 Å². The molecule has 1 aromatic heterocycles. The molecule has 0 fully saturated rings. The van der Waals surface area contributed by atoms with Crippen molar-refractivity contribution in [2.45, 2.75) is 31.8 Å². The molecular weight excluding hydrogens is 266 g/mol. The van der Waals surface area contributed by atoms with Crippen molar-refractivity contribution in [2.24, 2.45) is 0 Å². The molecular formula is C9H14ClN3O3S. The first-order valence-corrected chi connectivity index (χ1v) is 7.46. The maximum Gasteiger partial charge on any atom is 0.280 e. The number of rotatable bonds is 5. The summed E-state index contributed by atoms with van der Waals surface area (Å²) in [5.41, 5.74) is 0. The number of nitrogens with one attached hydrogen (secondary N) is 1. The molecule has 0 saturated heterocycles. The van der Waals surface area contributed by atoms with Crippen LogP contribution < -0.4 is 5.32 Å². The fourth-order valence-electron chi connectivity index (χ4n) is 1.37. The predicted molar refractivity (Wildman–Crippen MR) is 63.3 cm³/mol. The van der Waals surface area contributed by atoms with Gasteiger partial charge >= 0.3 is 0 Å². The number of hydrogen-bond donors (Lipinski definition) is 1. The van der Waals surface area contributed by atoms with Crippen LogP contribution >= 0.6 is 10.7 Å². The van der Waals surface area contributed by atoms with Crippen molar-refractivity contribution >= 4 is 25.6 Å². The van der Waals surface area contributed by atoms with Crippen molar-refractivity contribution in [1.29, 1.82) is 0 Å². The van der Waals surface area contributed by atoms with Crippen LogP contribution in [0.5, 0.6) is 0 Å². The molecule has 96 valence electrons. The maximum absolute atomic E-state index is 11.4. The highest BCUT2D eigenvalue weighted by Crippen LogP contribution is 2.14. The third-order valence-corrected chi connectivity index (χ3v) is 3.26. The Hall–Kier alpha value is -1.08. The monoisotopic (exact) mass is 279 g/mol. The average Bonchev–Trinajstić information content (AvgIpc) is 2.60. The van der Waals surface area contributed by atoms with E-state index in [0.717, 1.165) is 0 Å². The number of halogens is 1. The third-order valence-electron chi connectivity index (χ3n) is 2.09. The standard InChI is InChI=1S/C9H14ClN3O3S/c1-3-7-12-9(17(10,15)16)6-13(7)5-8(14)11-4-2/h6H,3-5H2,1-2H3,(H,11,14). The Balaban J connectivity index is 2.99. The number of aryl methyl sites for hydroxylation is 1. The van der Waals surface area contributed by atoms with E-state index in [1.165, 1.54) is 10.8 Å². The van der Waals surface area contributed by atoms with E-state index >= 15 is 0 Å². The van der Waals surface area contributed by atoms with Gasteiger partial charge in [0.15, 0.2) is 5.03 Å². The van der Waals surface area contributed by atoms with Gasteiger partial charge in [-0.1, -0.05) is 6.92 Å². The Kier molecular flexibility index (Phi) is 4.53. The van der Waals surface area contributed by atoms with E-state index in [1.54, 1.807) is 6.92 Å². The number of imidazole rings is 1.